The Morgan fingerprint density at radius 1 is 1.42 bits per heavy atom. The molecular weight excluding hydrogens is 410 g/mol. The zero-order valence-electron chi connectivity index (χ0n) is 16.6. The van der Waals surface area contributed by atoms with Crippen molar-refractivity contribution in [2.75, 3.05) is 13.9 Å². The van der Waals surface area contributed by atoms with Gasteiger partial charge in [-0.3, -0.25) is 19.7 Å². The molecule has 1 aromatic heterocycles. The number of aryl methyl sites for hydroxylation is 1. The van der Waals surface area contributed by atoms with Gasteiger partial charge >= 0.3 is 0 Å². The molecule has 0 saturated carbocycles. The third-order valence-corrected chi connectivity index (χ3v) is 4.41. The number of ether oxygens (including phenoxy) is 3. The van der Waals surface area contributed by atoms with Crippen LogP contribution in [0.15, 0.2) is 28.1 Å². The van der Waals surface area contributed by atoms with Crippen molar-refractivity contribution in [2.45, 2.75) is 20.1 Å². The summed E-state index contributed by atoms with van der Waals surface area (Å²) < 4.78 is 16.4. The molecular formula is C19H17N5O7. The van der Waals surface area contributed by atoms with Crippen LogP contribution in [0.4, 0.5) is 5.69 Å². The molecule has 2 heterocycles. The van der Waals surface area contributed by atoms with Gasteiger partial charge < -0.3 is 18.8 Å². The van der Waals surface area contributed by atoms with Crippen LogP contribution in [-0.4, -0.2) is 35.5 Å². The first-order chi connectivity index (χ1) is 14.8. The van der Waals surface area contributed by atoms with Crippen LogP contribution in [0.2, 0.25) is 0 Å². The van der Waals surface area contributed by atoms with Crippen LogP contribution < -0.4 is 20.5 Å². The third-order valence-electron chi connectivity index (χ3n) is 4.41. The van der Waals surface area contributed by atoms with E-state index in [2.05, 4.69) is 10.5 Å². The molecule has 0 radical (unpaired) electrons. The summed E-state index contributed by atoms with van der Waals surface area (Å²) in [5, 5.41) is 24.2. The minimum atomic E-state index is -0.659. The fraction of sp³-hybridized carbons (Fsp3) is 0.263. The van der Waals surface area contributed by atoms with Crippen molar-refractivity contribution in [2.24, 2.45) is 5.10 Å². The van der Waals surface area contributed by atoms with Crippen LogP contribution in [0.3, 0.4) is 0 Å². The van der Waals surface area contributed by atoms with E-state index in [4.69, 9.17) is 14.2 Å². The van der Waals surface area contributed by atoms with Gasteiger partial charge in [-0.05, 0) is 19.1 Å². The first-order valence-corrected chi connectivity index (χ1v) is 8.88. The molecule has 31 heavy (non-hydrogen) atoms. The van der Waals surface area contributed by atoms with Gasteiger partial charge in [0.05, 0.1) is 29.4 Å². The highest BCUT2D eigenvalue weighted by atomic mass is 16.7. The van der Waals surface area contributed by atoms with Crippen molar-refractivity contribution in [3.8, 4) is 17.6 Å². The maximum Gasteiger partial charge on any atom is 0.282 e. The predicted molar refractivity (Wildman–Crippen MR) is 106 cm³/mol. The second kappa shape index (κ2) is 9.06. The van der Waals surface area contributed by atoms with Gasteiger partial charge in [-0.1, -0.05) is 0 Å². The number of carbonyl (C=O) groups excluding carboxylic acids is 1. The van der Waals surface area contributed by atoms with E-state index < -0.39 is 22.9 Å². The number of nitrogens with zero attached hydrogens (tertiary/aromatic N) is 4. The summed E-state index contributed by atoms with van der Waals surface area (Å²) >= 11 is 0. The van der Waals surface area contributed by atoms with Crippen molar-refractivity contribution >= 4 is 17.8 Å². The van der Waals surface area contributed by atoms with Crippen molar-refractivity contribution in [1.29, 1.82) is 5.26 Å². The van der Waals surface area contributed by atoms with E-state index in [1.54, 1.807) is 13.0 Å². The molecule has 12 heteroatoms. The van der Waals surface area contributed by atoms with Gasteiger partial charge in [0.2, 0.25) is 6.79 Å². The minimum Gasteiger partial charge on any atom is -0.454 e. The molecule has 3 rings (SSSR count). The minimum absolute atomic E-state index is 0.0498. The third kappa shape index (κ3) is 4.51. The molecule has 0 aliphatic carbocycles. The number of nitro benzene ring substituents is 1. The first kappa shape index (κ1) is 21.5. The lowest BCUT2D eigenvalue weighted by Gasteiger charge is -2.12. The smallest absolute Gasteiger partial charge is 0.282 e. The highest BCUT2D eigenvalue weighted by Crippen LogP contribution is 2.37. The van der Waals surface area contributed by atoms with Crippen LogP contribution in [0.25, 0.3) is 0 Å². The number of nitrogens with one attached hydrogen (secondary N) is 1. The number of hydrazone groups is 1. The number of hydrogen-bond donors (Lipinski definition) is 1. The molecule has 1 aliphatic rings. The Balaban J connectivity index is 1.77. The number of benzene rings is 1. The molecule has 1 aromatic carbocycles. The molecule has 1 aliphatic heterocycles. The van der Waals surface area contributed by atoms with Crippen molar-refractivity contribution in [1.82, 2.24) is 9.99 Å². The monoisotopic (exact) mass is 427 g/mol. The van der Waals surface area contributed by atoms with E-state index in [0.717, 1.165) is 10.8 Å². The number of aromatic nitrogens is 1. The Morgan fingerprint density at radius 2 is 2.13 bits per heavy atom. The number of rotatable bonds is 7. The number of nitro groups is 1. The number of amides is 1. The Morgan fingerprint density at radius 3 is 2.77 bits per heavy atom. The average Bonchev–Trinajstić information content (AvgIpc) is 3.18. The van der Waals surface area contributed by atoms with E-state index in [9.17, 15) is 25.0 Å². The summed E-state index contributed by atoms with van der Waals surface area (Å²) in [5.74, 6) is -0.0954. The topological polar surface area (TPSA) is 158 Å². The fourth-order valence-corrected chi connectivity index (χ4v) is 2.98. The molecule has 0 atom stereocenters. The number of pyridine rings is 1. The Bertz CT molecular complexity index is 1180. The van der Waals surface area contributed by atoms with Gasteiger partial charge in [-0.15, -0.1) is 0 Å². The van der Waals surface area contributed by atoms with Gasteiger partial charge in [-0.2, -0.15) is 10.4 Å². The van der Waals surface area contributed by atoms with Gasteiger partial charge in [0, 0.05) is 18.4 Å². The molecule has 0 saturated heterocycles. The lowest BCUT2D eigenvalue weighted by atomic mass is 10.1. The van der Waals surface area contributed by atoms with E-state index in [0.29, 0.717) is 17.0 Å². The summed E-state index contributed by atoms with van der Waals surface area (Å²) in [6.45, 7) is 1.26. The van der Waals surface area contributed by atoms with E-state index in [1.165, 1.54) is 19.2 Å². The molecule has 160 valence electrons. The van der Waals surface area contributed by atoms with Crippen LogP contribution in [0.1, 0.15) is 22.4 Å². The molecule has 1 N–H and O–H groups in total. The van der Waals surface area contributed by atoms with Crippen molar-refractivity contribution in [3.05, 3.63) is 61.1 Å². The summed E-state index contributed by atoms with van der Waals surface area (Å²) in [6.07, 6.45) is 1.09. The average molecular weight is 427 g/mol. The number of hydrogen-bond acceptors (Lipinski definition) is 9. The van der Waals surface area contributed by atoms with E-state index in [-0.39, 0.29) is 36.0 Å². The van der Waals surface area contributed by atoms with Gasteiger partial charge in [0.15, 0.2) is 11.5 Å². The lowest BCUT2D eigenvalue weighted by Crippen LogP contribution is -2.33. The highest BCUT2D eigenvalue weighted by Gasteiger charge is 2.22. The number of carbonyl (C=O) groups is 1. The first-order valence-electron chi connectivity index (χ1n) is 8.88. The standard InChI is InChI=1S/C19H17N5O7/c1-11-3-13(9-29-2)14(6-20)19(26)23(11)8-18(25)22-21-7-12-4-16-17(31-10-30-16)5-15(12)24(27)28/h3-5,7H,8-10H2,1-2H3,(H,22,25). The number of methoxy groups -OCH3 is 1. The molecule has 12 nitrogen and oxygen atoms in total. The summed E-state index contributed by atoms with van der Waals surface area (Å²) in [6, 6.07) is 6.01. The SMILES string of the molecule is COCc1cc(C)n(CC(=O)NN=Cc2cc3c(cc2[N+](=O)[O-])OCO3)c(=O)c1C#N. The van der Waals surface area contributed by atoms with Gasteiger partial charge in [-0.25, -0.2) is 5.43 Å². The summed E-state index contributed by atoms with van der Waals surface area (Å²) in [4.78, 5) is 35.4. The molecule has 0 fully saturated rings. The molecule has 1 amide bonds. The Hall–Kier alpha value is -4.24. The quantitative estimate of drug-likeness (QED) is 0.389. The molecule has 0 unspecified atom stereocenters. The van der Waals surface area contributed by atoms with E-state index in [1.807, 2.05) is 6.07 Å². The largest absolute Gasteiger partial charge is 0.454 e. The van der Waals surface area contributed by atoms with Gasteiger partial charge in [0.1, 0.15) is 18.2 Å². The predicted octanol–water partition coefficient (Wildman–Crippen LogP) is 0.962. The molecule has 0 spiro atoms. The fourth-order valence-electron chi connectivity index (χ4n) is 2.98. The van der Waals surface area contributed by atoms with Crippen molar-refractivity contribution in [3.63, 3.8) is 0 Å². The second-order valence-electron chi connectivity index (χ2n) is 6.44. The summed E-state index contributed by atoms with van der Waals surface area (Å²) in [5.41, 5.74) is 2.19. The van der Waals surface area contributed by atoms with Gasteiger partial charge in [0.25, 0.3) is 17.2 Å². The van der Waals surface area contributed by atoms with Crippen LogP contribution in [0, 0.1) is 28.4 Å². The number of fused-ring (bicyclic) bond motifs is 1. The van der Waals surface area contributed by atoms with Crippen LogP contribution in [-0.2, 0) is 22.7 Å². The highest BCUT2D eigenvalue weighted by molar-refractivity contribution is 5.88. The Labute approximate surface area is 175 Å². The summed E-state index contributed by atoms with van der Waals surface area (Å²) in [7, 11) is 1.44. The zero-order chi connectivity index (χ0) is 22.5. The molecule has 0 bridgehead atoms. The normalized spacial score (nSPS) is 12.0. The van der Waals surface area contributed by atoms with E-state index >= 15 is 0 Å². The number of nitriles is 1. The second-order valence-corrected chi connectivity index (χ2v) is 6.44. The maximum atomic E-state index is 12.5. The van der Waals surface area contributed by atoms with Crippen LogP contribution >= 0.6 is 0 Å². The lowest BCUT2D eigenvalue weighted by molar-refractivity contribution is -0.385. The molecule has 2 aromatic rings. The zero-order valence-corrected chi connectivity index (χ0v) is 16.6. The maximum absolute atomic E-state index is 12.5. The van der Waals surface area contributed by atoms with Crippen molar-refractivity contribution < 1.29 is 23.9 Å². The Kier molecular flexibility index (Phi) is 6.27. The van der Waals surface area contributed by atoms with Crippen LogP contribution in [0.5, 0.6) is 11.5 Å².